The van der Waals surface area contributed by atoms with E-state index in [2.05, 4.69) is 12.1 Å². The SMILES string of the molecule is O=C(CSc1ccccc1Cl)c1ccc2c(c1)CCC2. The molecule has 0 radical (unpaired) electrons. The van der Waals surface area contributed by atoms with Gasteiger partial charge in [0.2, 0.25) is 0 Å². The number of fused-ring (bicyclic) bond motifs is 1. The van der Waals surface area contributed by atoms with Crippen LogP contribution in [0.5, 0.6) is 0 Å². The highest BCUT2D eigenvalue weighted by Gasteiger charge is 2.14. The molecule has 0 aromatic heterocycles. The Morgan fingerprint density at radius 1 is 1.10 bits per heavy atom. The molecule has 102 valence electrons. The molecule has 0 heterocycles. The minimum absolute atomic E-state index is 0.171. The van der Waals surface area contributed by atoms with E-state index in [1.54, 1.807) is 0 Å². The maximum Gasteiger partial charge on any atom is 0.173 e. The molecule has 20 heavy (non-hydrogen) atoms. The summed E-state index contributed by atoms with van der Waals surface area (Å²) >= 11 is 7.60. The molecule has 0 bridgehead atoms. The standard InChI is InChI=1S/C17H15ClOS/c18-15-6-1-2-7-17(15)20-11-16(19)14-9-8-12-4-3-5-13(12)10-14/h1-2,6-10H,3-5,11H2. The average molecular weight is 303 g/mol. The lowest BCUT2D eigenvalue weighted by Gasteiger charge is -2.05. The molecule has 3 heteroatoms. The fourth-order valence-corrected chi connectivity index (χ4v) is 3.67. The van der Waals surface area contributed by atoms with E-state index in [9.17, 15) is 4.79 Å². The molecule has 0 amide bonds. The highest BCUT2D eigenvalue weighted by atomic mass is 35.5. The van der Waals surface area contributed by atoms with E-state index in [1.165, 1.54) is 29.3 Å². The van der Waals surface area contributed by atoms with Crippen molar-refractivity contribution in [2.24, 2.45) is 0 Å². The fraction of sp³-hybridized carbons (Fsp3) is 0.235. The Kier molecular flexibility index (Phi) is 4.13. The van der Waals surface area contributed by atoms with Gasteiger partial charge < -0.3 is 0 Å². The molecule has 0 saturated heterocycles. The fourth-order valence-electron chi connectivity index (χ4n) is 2.53. The summed E-state index contributed by atoms with van der Waals surface area (Å²) in [5.74, 6) is 0.604. The maximum atomic E-state index is 12.3. The van der Waals surface area contributed by atoms with E-state index in [4.69, 9.17) is 11.6 Å². The van der Waals surface area contributed by atoms with Crippen LogP contribution >= 0.6 is 23.4 Å². The van der Waals surface area contributed by atoms with Crippen molar-refractivity contribution in [3.8, 4) is 0 Å². The van der Waals surface area contributed by atoms with Crippen LogP contribution in [0, 0.1) is 0 Å². The van der Waals surface area contributed by atoms with Gasteiger partial charge in [0.25, 0.3) is 0 Å². The first-order chi connectivity index (χ1) is 9.74. The second-order valence-corrected chi connectivity index (χ2v) is 6.40. The normalized spacial score (nSPS) is 13.2. The molecule has 0 aliphatic heterocycles. The maximum absolute atomic E-state index is 12.3. The van der Waals surface area contributed by atoms with E-state index >= 15 is 0 Å². The van der Waals surface area contributed by atoms with Gasteiger partial charge >= 0.3 is 0 Å². The number of halogens is 1. The minimum atomic E-state index is 0.171. The summed E-state index contributed by atoms with van der Waals surface area (Å²) in [7, 11) is 0. The molecule has 0 N–H and O–H groups in total. The highest BCUT2D eigenvalue weighted by Crippen LogP contribution is 2.28. The van der Waals surface area contributed by atoms with Crippen LogP contribution in [0.3, 0.4) is 0 Å². The number of benzene rings is 2. The topological polar surface area (TPSA) is 17.1 Å². The van der Waals surface area contributed by atoms with Crippen molar-refractivity contribution in [1.29, 1.82) is 0 Å². The molecule has 1 nitrogen and oxygen atoms in total. The van der Waals surface area contributed by atoms with Crippen LogP contribution in [0.15, 0.2) is 47.4 Å². The zero-order valence-electron chi connectivity index (χ0n) is 11.1. The number of thioether (sulfide) groups is 1. The number of carbonyl (C=O) groups excluding carboxylic acids is 1. The first-order valence-corrected chi connectivity index (χ1v) is 8.13. The molecule has 0 fully saturated rings. The van der Waals surface area contributed by atoms with Crippen LogP contribution in [0.1, 0.15) is 27.9 Å². The summed E-state index contributed by atoms with van der Waals surface area (Å²) in [6.45, 7) is 0. The molecule has 1 aliphatic carbocycles. The van der Waals surface area contributed by atoms with Crippen LogP contribution in [-0.2, 0) is 12.8 Å². The first-order valence-electron chi connectivity index (χ1n) is 6.76. The van der Waals surface area contributed by atoms with E-state index in [0.717, 1.165) is 23.3 Å². The molecule has 0 unspecified atom stereocenters. The largest absolute Gasteiger partial charge is 0.293 e. The van der Waals surface area contributed by atoms with Gasteiger partial charge in [0.15, 0.2) is 5.78 Å². The van der Waals surface area contributed by atoms with Gasteiger partial charge in [-0.1, -0.05) is 35.9 Å². The smallest absolute Gasteiger partial charge is 0.173 e. The summed E-state index contributed by atoms with van der Waals surface area (Å²) in [5, 5.41) is 0.708. The van der Waals surface area contributed by atoms with Crippen molar-refractivity contribution >= 4 is 29.1 Å². The van der Waals surface area contributed by atoms with Gasteiger partial charge in [0, 0.05) is 10.5 Å². The quantitative estimate of drug-likeness (QED) is 0.596. The summed E-state index contributed by atoms with van der Waals surface area (Å²) in [6, 6.07) is 13.8. The van der Waals surface area contributed by atoms with Gasteiger partial charge in [-0.15, -0.1) is 11.8 Å². The highest BCUT2D eigenvalue weighted by molar-refractivity contribution is 8.00. The van der Waals surface area contributed by atoms with E-state index in [0.29, 0.717) is 10.8 Å². The van der Waals surface area contributed by atoms with Gasteiger partial charge in [-0.3, -0.25) is 4.79 Å². The number of Topliss-reactive ketones (excluding diaryl/α,β-unsaturated/α-hetero) is 1. The van der Waals surface area contributed by atoms with E-state index in [1.807, 2.05) is 30.3 Å². The second kappa shape index (κ2) is 6.02. The molecular formula is C17H15ClOS. The van der Waals surface area contributed by atoms with Gasteiger partial charge in [0.1, 0.15) is 0 Å². The average Bonchev–Trinajstić information content (AvgIpc) is 2.93. The van der Waals surface area contributed by atoms with Gasteiger partial charge in [-0.2, -0.15) is 0 Å². The monoisotopic (exact) mass is 302 g/mol. The summed E-state index contributed by atoms with van der Waals surface area (Å²) in [4.78, 5) is 13.2. The Hall–Kier alpha value is -1.25. The Bertz CT molecular complexity index is 651. The van der Waals surface area contributed by atoms with Gasteiger partial charge in [-0.25, -0.2) is 0 Å². The van der Waals surface area contributed by atoms with Crippen molar-refractivity contribution in [3.05, 3.63) is 64.2 Å². The molecule has 2 aromatic carbocycles. The van der Waals surface area contributed by atoms with E-state index < -0.39 is 0 Å². The number of rotatable bonds is 4. The Morgan fingerprint density at radius 3 is 2.75 bits per heavy atom. The number of aryl methyl sites for hydroxylation is 2. The summed E-state index contributed by atoms with van der Waals surface area (Å²) in [5.41, 5.74) is 3.57. The third kappa shape index (κ3) is 2.92. The predicted molar refractivity (Wildman–Crippen MR) is 85.0 cm³/mol. The zero-order chi connectivity index (χ0) is 13.9. The number of carbonyl (C=O) groups is 1. The lowest BCUT2D eigenvalue weighted by Crippen LogP contribution is -2.03. The molecular weight excluding hydrogens is 288 g/mol. The van der Waals surface area contributed by atoms with E-state index in [-0.39, 0.29) is 5.78 Å². The van der Waals surface area contributed by atoms with Crippen LogP contribution in [0.4, 0.5) is 0 Å². The molecule has 3 rings (SSSR count). The van der Waals surface area contributed by atoms with Crippen LogP contribution in [-0.4, -0.2) is 11.5 Å². The third-order valence-corrected chi connectivity index (χ3v) is 5.13. The van der Waals surface area contributed by atoms with Gasteiger partial charge in [0.05, 0.1) is 10.8 Å². The molecule has 0 spiro atoms. The molecule has 0 atom stereocenters. The lowest BCUT2D eigenvalue weighted by molar-refractivity contribution is 0.102. The number of ketones is 1. The van der Waals surface area contributed by atoms with Gasteiger partial charge in [-0.05, 0) is 48.6 Å². The lowest BCUT2D eigenvalue weighted by atomic mass is 10.0. The van der Waals surface area contributed by atoms with Crippen LogP contribution in [0.25, 0.3) is 0 Å². The second-order valence-electron chi connectivity index (χ2n) is 4.98. The summed E-state index contributed by atoms with van der Waals surface area (Å²) in [6.07, 6.45) is 3.47. The molecule has 1 aliphatic rings. The summed E-state index contributed by atoms with van der Waals surface area (Å²) < 4.78 is 0. The zero-order valence-corrected chi connectivity index (χ0v) is 12.6. The van der Waals surface area contributed by atoms with Crippen LogP contribution < -0.4 is 0 Å². The van der Waals surface area contributed by atoms with Crippen LogP contribution in [0.2, 0.25) is 5.02 Å². The Balaban J connectivity index is 1.69. The van der Waals surface area contributed by atoms with Crippen molar-refractivity contribution in [2.75, 3.05) is 5.75 Å². The number of hydrogen-bond acceptors (Lipinski definition) is 2. The predicted octanol–water partition coefficient (Wildman–Crippen LogP) is 4.80. The Labute approximate surface area is 128 Å². The van der Waals surface area contributed by atoms with Crippen molar-refractivity contribution in [3.63, 3.8) is 0 Å². The van der Waals surface area contributed by atoms with Crippen molar-refractivity contribution in [2.45, 2.75) is 24.2 Å². The molecule has 0 saturated carbocycles. The van der Waals surface area contributed by atoms with Crippen molar-refractivity contribution in [1.82, 2.24) is 0 Å². The first kappa shape index (κ1) is 13.7. The van der Waals surface area contributed by atoms with Crippen molar-refractivity contribution < 1.29 is 4.79 Å². The minimum Gasteiger partial charge on any atom is -0.293 e. The molecule has 2 aromatic rings. The Morgan fingerprint density at radius 2 is 1.90 bits per heavy atom. The third-order valence-electron chi connectivity index (χ3n) is 3.62. The number of hydrogen-bond donors (Lipinski definition) is 0.